The summed E-state index contributed by atoms with van der Waals surface area (Å²) in [5.74, 6) is 8.77. The van der Waals surface area contributed by atoms with E-state index in [-0.39, 0.29) is 11.1 Å². The largest absolute Gasteiger partial charge is 0.410 e. The van der Waals surface area contributed by atoms with Crippen LogP contribution in [0.5, 0.6) is 0 Å². The van der Waals surface area contributed by atoms with Gasteiger partial charge in [0.2, 0.25) is 0 Å². The van der Waals surface area contributed by atoms with Gasteiger partial charge in [-0.2, -0.15) is 0 Å². The third kappa shape index (κ3) is 10.3. The molecule has 132 valence electrons. The van der Waals surface area contributed by atoms with Crippen LogP contribution in [0.2, 0.25) is 18.1 Å². The Hall–Kier alpha value is -1.48. The predicted octanol–water partition coefficient (Wildman–Crippen LogP) is 6.26. The van der Waals surface area contributed by atoms with Crippen molar-refractivity contribution < 1.29 is 4.43 Å². The van der Waals surface area contributed by atoms with Gasteiger partial charge in [0, 0.05) is 12.8 Å². The number of hydrogen-bond donors (Lipinski definition) is 0. The fraction of sp³-hybridized carbons (Fsp3) is 0.545. The summed E-state index contributed by atoms with van der Waals surface area (Å²) in [5.41, 5.74) is 0. The van der Waals surface area contributed by atoms with Crippen LogP contribution in [0.4, 0.5) is 0 Å². The third-order valence-corrected chi connectivity index (χ3v) is 8.65. The molecule has 0 rings (SSSR count). The Balaban J connectivity index is 4.79. The Kier molecular flexibility index (Phi) is 11.2. The molecule has 0 unspecified atom stereocenters. The van der Waals surface area contributed by atoms with E-state index >= 15 is 0 Å². The first-order chi connectivity index (χ1) is 11.2. The predicted molar refractivity (Wildman–Crippen MR) is 110 cm³/mol. The second kappa shape index (κ2) is 12.0. The van der Waals surface area contributed by atoms with Crippen LogP contribution in [0.1, 0.15) is 53.4 Å². The van der Waals surface area contributed by atoms with Crippen molar-refractivity contribution in [3.63, 3.8) is 0 Å². The molecule has 0 aliphatic heterocycles. The summed E-state index contributed by atoms with van der Waals surface area (Å²) in [5, 5.41) is 0.209. The summed E-state index contributed by atoms with van der Waals surface area (Å²) in [6, 6.07) is 0. The molecule has 0 aliphatic carbocycles. The van der Waals surface area contributed by atoms with Crippen molar-refractivity contribution in [3.8, 4) is 24.2 Å². The zero-order chi connectivity index (χ0) is 18.5. The van der Waals surface area contributed by atoms with E-state index < -0.39 is 8.32 Å². The van der Waals surface area contributed by atoms with E-state index in [1.165, 1.54) is 0 Å². The van der Waals surface area contributed by atoms with Gasteiger partial charge in [-0.05, 0) is 43.1 Å². The molecule has 0 aromatic carbocycles. The topological polar surface area (TPSA) is 9.23 Å². The summed E-state index contributed by atoms with van der Waals surface area (Å²) in [7, 11) is -1.78. The molecule has 0 aromatic heterocycles. The average molecular weight is 343 g/mol. The zero-order valence-corrected chi connectivity index (χ0v) is 17.4. The second-order valence-corrected chi connectivity index (χ2v) is 12.1. The molecular weight excluding hydrogens is 308 g/mol. The minimum atomic E-state index is -1.78. The summed E-state index contributed by atoms with van der Waals surface area (Å²) >= 11 is 0. The van der Waals surface area contributed by atoms with E-state index in [0.717, 1.165) is 19.3 Å². The maximum atomic E-state index is 6.51. The van der Waals surface area contributed by atoms with Crippen LogP contribution in [0.3, 0.4) is 0 Å². The normalized spacial score (nSPS) is 14.0. The molecule has 0 saturated heterocycles. The van der Waals surface area contributed by atoms with Gasteiger partial charge in [0.1, 0.15) is 0 Å². The van der Waals surface area contributed by atoms with E-state index in [0.29, 0.717) is 6.42 Å². The van der Waals surface area contributed by atoms with E-state index in [9.17, 15) is 0 Å². The van der Waals surface area contributed by atoms with Crippen molar-refractivity contribution in [1.82, 2.24) is 0 Å². The van der Waals surface area contributed by atoms with Crippen LogP contribution in [0.25, 0.3) is 0 Å². The molecule has 0 aliphatic rings. The maximum absolute atomic E-state index is 6.51. The van der Waals surface area contributed by atoms with Crippen LogP contribution in [0.15, 0.2) is 36.5 Å². The van der Waals surface area contributed by atoms with Gasteiger partial charge in [0.15, 0.2) is 8.32 Å². The van der Waals surface area contributed by atoms with Crippen molar-refractivity contribution in [1.29, 1.82) is 0 Å². The molecule has 0 N–H and O–H groups in total. The lowest BCUT2D eigenvalue weighted by Gasteiger charge is -2.38. The molecule has 1 nitrogen and oxygen atoms in total. The van der Waals surface area contributed by atoms with Crippen molar-refractivity contribution >= 4 is 8.32 Å². The third-order valence-electron chi connectivity index (χ3n) is 4.14. The molecule has 0 spiro atoms. The van der Waals surface area contributed by atoms with Crippen molar-refractivity contribution in [2.24, 2.45) is 0 Å². The molecule has 0 radical (unpaired) electrons. The summed E-state index contributed by atoms with van der Waals surface area (Å²) < 4.78 is 6.51. The van der Waals surface area contributed by atoms with Crippen LogP contribution in [-0.4, -0.2) is 14.4 Å². The van der Waals surface area contributed by atoms with Crippen LogP contribution >= 0.6 is 0 Å². The zero-order valence-electron chi connectivity index (χ0n) is 16.4. The molecule has 0 aromatic rings. The Morgan fingerprint density at radius 2 is 1.75 bits per heavy atom. The molecule has 24 heavy (non-hydrogen) atoms. The first-order valence-electron chi connectivity index (χ1n) is 8.81. The number of hydrogen-bond acceptors (Lipinski definition) is 1. The van der Waals surface area contributed by atoms with Gasteiger partial charge in [0.05, 0.1) is 6.10 Å². The first-order valence-corrected chi connectivity index (χ1v) is 11.7. The molecule has 1 atom stereocenters. The van der Waals surface area contributed by atoms with Gasteiger partial charge in [0.25, 0.3) is 0 Å². The van der Waals surface area contributed by atoms with Crippen molar-refractivity contribution in [2.75, 3.05) is 0 Å². The van der Waals surface area contributed by atoms with E-state index in [1.807, 2.05) is 18.2 Å². The van der Waals surface area contributed by atoms with Crippen molar-refractivity contribution in [2.45, 2.75) is 77.6 Å². The molecule has 0 fully saturated rings. The van der Waals surface area contributed by atoms with Gasteiger partial charge in [-0.25, -0.2) is 0 Å². The first kappa shape index (κ1) is 22.5. The highest BCUT2D eigenvalue weighted by molar-refractivity contribution is 6.74. The highest BCUT2D eigenvalue weighted by Gasteiger charge is 2.38. The van der Waals surface area contributed by atoms with Gasteiger partial charge in [-0.3, -0.25) is 0 Å². The standard InChI is InChI=1S/C22H34OSi/c1-8-10-12-13-14-15-16-18-20-21(19-17-11-9-2)23-24(6,7)22(3,4)5/h1,11-13,17-18,20-21H,9-10,14,19H2,2-7H3/b13-12-,17-11-,20-18+/t21-/m0/s1. The highest BCUT2D eigenvalue weighted by atomic mass is 28.4. The lowest BCUT2D eigenvalue weighted by molar-refractivity contribution is 0.228. The van der Waals surface area contributed by atoms with Gasteiger partial charge in [-0.1, -0.05) is 63.8 Å². The van der Waals surface area contributed by atoms with Crippen LogP contribution in [-0.2, 0) is 4.43 Å². The van der Waals surface area contributed by atoms with Crippen LogP contribution < -0.4 is 0 Å². The molecular formula is C22H34OSi. The van der Waals surface area contributed by atoms with Gasteiger partial charge in [-0.15, -0.1) is 12.3 Å². The van der Waals surface area contributed by atoms with Gasteiger partial charge < -0.3 is 4.43 Å². The molecule has 0 bridgehead atoms. The molecule has 0 heterocycles. The Labute approximate surface area is 151 Å². The number of rotatable bonds is 8. The quantitative estimate of drug-likeness (QED) is 0.287. The minimum absolute atomic E-state index is 0.0972. The van der Waals surface area contributed by atoms with E-state index in [4.69, 9.17) is 10.8 Å². The lowest BCUT2D eigenvalue weighted by atomic mass is 10.2. The summed E-state index contributed by atoms with van der Waals surface area (Å²) in [6.07, 6.45) is 21.0. The number of terminal acetylenes is 1. The fourth-order valence-electron chi connectivity index (χ4n) is 1.69. The molecule has 0 saturated carbocycles. The molecule has 2 heteroatoms. The van der Waals surface area contributed by atoms with Gasteiger partial charge >= 0.3 is 0 Å². The van der Waals surface area contributed by atoms with Crippen molar-refractivity contribution in [3.05, 3.63) is 36.5 Å². The monoisotopic (exact) mass is 342 g/mol. The lowest BCUT2D eigenvalue weighted by Crippen LogP contribution is -2.43. The SMILES string of the molecule is C#CC/C=C\CC#C/C=C/[C@H](C/C=C\CC)O[Si](C)(C)C(C)(C)C. The minimum Gasteiger partial charge on any atom is -0.410 e. The van der Waals surface area contributed by atoms with E-state index in [1.54, 1.807) is 0 Å². The fourth-order valence-corrected chi connectivity index (χ4v) is 2.97. The Morgan fingerprint density at radius 1 is 1.08 bits per heavy atom. The number of allylic oxidation sites excluding steroid dienone is 4. The summed E-state index contributed by atoms with van der Waals surface area (Å²) in [4.78, 5) is 0. The smallest absolute Gasteiger partial charge is 0.192 e. The van der Waals surface area contributed by atoms with Crippen LogP contribution in [0, 0.1) is 24.2 Å². The highest BCUT2D eigenvalue weighted by Crippen LogP contribution is 2.37. The Morgan fingerprint density at radius 3 is 2.33 bits per heavy atom. The maximum Gasteiger partial charge on any atom is 0.192 e. The Bertz CT molecular complexity index is 527. The average Bonchev–Trinajstić information content (AvgIpc) is 2.48. The second-order valence-electron chi connectivity index (χ2n) is 7.30. The van der Waals surface area contributed by atoms with E-state index in [2.05, 4.69) is 76.8 Å². The molecule has 0 amide bonds. The summed E-state index contributed by atoms with van der Waals surface area (Å²) in [6.45, 7) is 13.5.